The zero-order chi connectivity index (χ0) is 4.12. The maximum Gasteiger partial charge on any atom is 0.133 e. The number of nitrogens with zero attached hydrogens (tertiary/aromatic N) is 1. The third kappa shape index (κ3) is 1.84. The maximum absolute atomic E-state index is 7.66. The van der Waals surface area contributed by atoms with Gasteiger partial charge in [-0.1, -0.05) is 0 Å². The highest BCUT2D eigenvalue weighted by Crippen LogP contribution is 1.78. The predicted octanol–water partition coefficient (Wildman–Crippen LogP) is 0.830. The van der Waals surface area contributed by atoms with Crippen molar-refractivity contribution in [1.29, 1.82) is 5.26 Å². The molecule has 0 bridgehead atoms. The molecule has 1 nitrogen and oxygen atoms in total. The van der Waals surface area contributed by atoms with Crippen LogP contribution in [0.5, 0.6) is 0 Å². The molecule has 0 fully saturated rings. The molecule has 0 aliphatic carbocycles. The number of hydrogen-bond acceptors (Lipinski definition) is 2. The van der Waals surface area contributed by atoms with E-state index in [0.717, 1.165) is 11.8 Å². The van der Waals surface area contributed by atoms with E-state index in [9.17, 15) is 0 Å². The molecule has 2 heteroatoms. The molecular weight excluding hydrogens is 70.1 g/mol. The highest BCUT2D eigenvalue weighted by Gasteiger charge is 1.49. The predicted molar refractivity (Wildman–Crippen MR) is 19.1 cm³/mol. The van der Waals surface area contributed by atoms with Gasteiger partial charge in [0, 0.05) is 1.37 Å². The van der Waals surface area contributed by atoms with Crippen LogP contribution in [0.25, 0.3) is 0 Å². The molecule has 0 aliphatic rings. The lowest BCUT2D eigenvalue weighted by Crippen LogP contribution is -1.27. The van der Waals surface area contributed by atoms with Crippen molar-refractivity contribution in [3.05, 3.63) is 0 Å². The van der Waals surface area contributed by atoms with Gasteiger partial charge in [0.25, 0.3) is 0 Å². The lowest BCUT2D eigenvalue weighted by Gasteiger charge is -1.47. The van der Waals surface area contributed by atoms with Crippen LogP contribution in [0, 0.1) is 10.7 Å². The minimum absolute atomic E-state index is 0.149. The van der Waals surface area contributed by atoms with Gasteiger partial charge in [-0.2, -0.15) is 5.26 Å². The summed E-state index contributed by atoms with van der Waals surface area (Å²) < 4.78 is 6.34. The van der Waals surface area contributed by atoms with Gasteiger partial charge < -0.3 is 0 Å². The third-order valence-corrected chi connectivity index (χ3v) is 0.194. The van der Waals surface area contributed by atoms with Gasteiger partial charge in [0.05, 0.1) is 0 Å². The standard InChI is InChI=1S/C2H3NS/c1-4-2-3/h1H3/i1D. The summed E-state index contributed by atoms with van der Waals surface area (Å²) in [6.07, 6.45) is 0.149. The van der Waals surface area contributed by atoms with E-state index in [1.807, 2.05) is 0 Å². The summed E-state index contributed by atoms with van der Waals surface area (Å²) in [6.45, 7) is 0. The molecule has 0 aromatic heterocycles. The molecule has 0 saturated carbocycles. The number of rotatable bonds is 0. The average molecular weight is 74.1 g/mol. The van der Waals surface area contributed by atoms with Crippen molar-refractivity contribution in [2.75, 3.05) is 6.23 Å². The first-order chi connectivity index (χ1) is 2.41. The van der Waals surface area contributed by atoms with E-state index in [1.165, 1.54) is 0 Å². The molecule has 0 unspecified atom stereocenters. The Labute approximate surface area is 31.0 Å². The number of thiocyanates is 1. The maximum atomic E-state index is 7.66. The lowest BCUT2D eigenvalue weighted by molar-refractivity contribution is 1.57. The van der Waals surface area contributed by atoms with Gasteiger partial charge in [0.2, 0.25) is 0 Å². The first-order valence-electron chi connectivity index (χ1n) is 1.42. The fourth-order valence-corrected chi connectivity index (χ4v) is 0. The van der Waals surface area contributed by atoms with Crippen LogP contribution in [-0.4, -0.2) is 6.23 Å². The Kier molecular flexibility index (Phi) is 1.49. The molecule has 0 amide bonds. The summed E-state index contributed by atoms with van der Waals surface area (Å²) in [5.41, 5.74) is 0. The molecule has 0 aliphatic heterocycles. The second-order valence-corrected chi connectivity index (χ2v) is 0.707. The molecule has 0 rings (SSSR count). The quantitative estimate of drug-likeness (QED) is 0.397. The summed E-state index contributed by atoms with van der Waals surface area (Å²) in [5, 5.41) is 9.41. The first-order valence-corrected chi connectivity index (χ1v) is 1.70. The molecule has 0 heterocycles. The minimum Gasteiger partial charge on any atom is -0.185 e. The molecule has 0 radical (unpaired) electrons. The minimum atomic E-state index is 0.149. The molecule has 0 spiro atoms. The van der Waals surface area contributed by atoms with E-state index >= 15 is 0 Å². The molecule has 0 aromatic carbocycles. The van der Waals surface area contributed by atoms with Gasteiger partial charge in [-0.3, -0.25) is 0 Å². The molecule has 22 valence electrons. The Morgan fingerprint density at radius 1 is 2.50 bits per heavy atom. The SMILES string of the molecule is [2H]CSC#N. The molecule has 0 saturated heterocycles. The highest BCUT2D eigenvalue weighted by atomic mass is 32.2. The monoisotopic (exact) mass is 74.0 g/mol. The fraction of sp³-hybridized carbons (Fsp3) is 0.500. The van der Waals surface area contributed by atoms with Gasteiger partial charge in [-0.25, -0.2) is 0 Å². The van der Waals surface area contributed by atoms with Crippen LogP contribution in [0.2, 0.25) is 0 Å². The molecule has 4 heavy (non-hydrogen) atoms. The Hall–Kier alpha value is -0.160. The van der Waals surface area contributed by atoms with Crippen LogP contribution in [0.1, 0.15) is 1.37 Å². The summed E-state index contributed by atoms with van der Waals surface area (Å²) in [6, 6.07) is 0. The normalized spacial score (nSPS) is 8.25. The number of hydrogen-bond donors (Lipinski definition) is 0. The van der Waals surface area contributed by atoms with Crippen LogP contribution in [-0.2, 0) is 0 Å². The van der Waals surface area contributed by atoms with E-state index in [0.29, 0.717) is 0 Å². The summed E-state index contributed by atoms with van der Waals surface area (Å²) in [4.78, 5) is 0. The van der Waals surface area contributed by atoms with Crippen molar-refractivity contribution in [3.8, 4) is 5.40 Å². The second kappa shape index (κ2) is 2.84. The van der Waals surface area contributed by atoms with Gasteiger partial charge >= 0.3 is 0 Å². The summed E-state index contributed by atoms with van der Waals surface area (Å²) in [7, 11) is 0. The van der Waals surface area contributed by atoms with E-state index in [-0.39, 0.29) is 6.23 Å². The van der Waals surface area contributed by atoms with Gasteiger partial charge in [-0.05, 0) is 18.0 Å². The Bertz CT molecular complexity index is 48.1. The number of nitriles is 1. The Morgan fingerprint density at radius 2 is 3.25 bits per heavy atom. The van der Waals surface area contributed by atoms with E-state index < -0.39 is 0 Å². The van der Waals surface area contributed by atoms with Crippen molar-refractivity contribution in [2.24, 2.45) is 0 Å². The van der Waals surface area contributed by atoms with Crippen molar-refractivity contribution in [3.63, 3.8) is 0 Å². The van der Waals surface area contributed by atoms with Gasteiger partial charge in [0.1, 0.15) is 5.40 Å². The topological polar surface area (TPSA) is 23.8 Å². The smallest absolute Gasteiger partial charge is 0.133 e. The van der Waals surface area contributed by atoms with Crippen molar-refractivity contribution >= 4 is 11.8 Å². The second-order valence-electron chi connectivity index (χ2n) is 0.236. The summed E-state index contributed by atoms with van der Waals surface area (Å²) in [5.74, 6) is 0. The molecule has 0 atom stereocenters. The molecule has 0 aromatic rings. The molecule has 0 N–H and O–H groups in total. The lowest BCUT2D eigenvalue weighted by atomic mass is 11.8. The van der Waals surface area contributed by atoms with Crippen LogP contribution in [0.15, 0.2) is 0 Å². The van der Waals surface area contributed by atoms with Crippen molar-refractivity contribution in [2.45, 2.75) is 0 Å². The highest BCUT2D eigenvalue weighted by molar-refractivity contribution is 8.03. The van der Waals surface area contributed by atoms with Crippen LogP contribution >= 0.6 is 11.8 Å². The number of thioether (sulfide) groups is 1. The van der Waals surface area contributed by atoms with Crippen LogP contribution in [0.4, 0.5) is 0 Å². The summed E-state index contributed by atoms with van der Waals surface area (Å²) >= 11 is 0.935. The zero-order valence-corrected chi connectivity index (χ0v) is 2.88. The Balaban J connectivity index is 2.48. The van der Waals surface area contributed by atoms with E-state index in [1.54, 1.807) is 5.40 Å². The van der Waals surface area contributed by atoms with Crippen molar-refractivity contribution in [1.82, 2.24) is 0 Å². The van der Waals surface area contributed by atoms with Gasteiger partial charge in [-0.15, -0.1) is 0 Å². The fourth-order valence-electron chi connectivity index (χ4n) is 0. The average Bonchev–Trinajstić information content (AvgIpc) is 1.41. The molecular formula is C2H3NS. The van der Waals surface area contributed by atoms with Crippen LogP contribution in [0.3, 0.4) is 0 Å². The largest absolute Gasteiger partial charge is 0.185 e. The van der Waals surface area contributed by atoms with Crippen LogP contribution < -0.4 is 0 Å². The third-order valence-electron chi connectivity index (χ3n) is 0.0645. The zero-order valence-electron chi connectivity index (χ0n) is 3.06. The van der Waals surface area contributed by atoms with Gasteiger partial charge in [0.15, 0.2) is 0 Å². The van der Waals surface area contributed by atoms with Crippen molar-refractivity contribution < 1.29 is 1.37 Å². The van der Waals surface area contributed by atoms with E-state index in [2.05, 4.69) is 0 Å². The van der Waals surface area contributed by atoms with E-state index in [4.69, 9.17) is 6.63 Å². The Morgan fingerprint density at radius 3 is 3.25 bits per heavy atom. The first kappa shape index (κ1) is 2.10.